The molecule has 0 unspecified atom stereocenters. The summed E-state index contributed by atoms with van der Waals surface area (Å²) in [5.74, 6) is -1.14. The lowest BCUT2D eigenvalue weighted by Gasteiger charge is -2.17. The Kier molecular flexibility index (Phi) is 3.96. The summed E-state index contributed by atoms with van der Waals surface area (Å²) in [5, 5.41) is 27.0. The molecule has 0 aliphatic heterocycles. The Morgan fingerprint density at radius 3 is 2.28 bits per heavy atom. The Morgan fingerprint density at radius 2 is 1.89 bits per heavy atom. The Hall–Kier alpha value is -2.04. The van der Waals surface area contributed by atoms with Crippen LogP contribution in [0.3, 0.4) is 0 Å². The van der Waals surface area contributed by atoms with Crippen LogP contribution in [0.5, 0.6) is 17.2 Å². The van der Waals surface area contributed by atoms with Gasteiger partial charge in [-0.1, -0.05) is 13.8 Å². The van der Waals surface area contributed by atoms with Crippen LogP contribution in [0, 0.1) is 18.3 Å². The van der Waals surface area contributed by atoms with Crippen molar-refractivity contribution < 1.29 is 19.7 Å². The molecule has 0 saturated carbocycles. The number of methoxy groups -OCH3 is 1. The molecule has 0 bridgehead atoms. The molecule has 0 radical (unpaired) electrons. The summed E-state index contributed by atoms with van der Waals surface area (Å²) in [4.78, 5) is 12.1. The lowest BCUT2D eigenvalue weighted by atomic mass is 9.94. The molecule has 0 atom stereocenters. The van der Waals surface area contributed by atoms with E-state index in [1.807, 2.05) is 0 Å². The van der Waals surface area contributed by atoms with Crippen molar-refractivity contribution in [3.8, 4) is 17.2 Å². The third-order valence-corrected chi connectivity index (χ3v) is 2.79. The van der Waals surface area contributed by atoms with Gasteiger partial charge in [-0.05, 0) is 6.92 Å². The topological polar surface area (TPSA) is 90.6 Å². The number of aromatic hydroxyl groups is 2. The van der Waals surface area contributed by atoms with Gasteiger partial charge in [0.1, 0.15) is 22.8 Å². The third-order valence-electron chi connectivity index (χ3n) is 2.79. The first-order chi connectivity index (χ1) is 8.36. The SMILES string of the molecule is COc1c(C)c(O)c(C=N)c(O)c1C(=O)C(C)C. The van der Waals surface area contributed by atoms with E-state index in [0.29, 0.717) is 5.56 Å². The Balaban J connectivity index is 3.73. The second kappa shape index (κ2) is 5.08. The predicted molar refractivity (Wildman–Crippen MR) is 68.1 cm³/mol. The van der Waals surface area contributed by atoms with Gasteiger partial charge >= 0.3 is 0 Å². The number of ketones is 1. The average molecular weight is 251 g/mol. The lowest BCUT2D eigenvalue weighted by Crippen LogP contribution is -2.11. The van der Waals surface area contributed by atoms with E-state index in [4.69, 9.17) is 10.1 Å². The summed E-state index contributed by atoms with van der Waals surface area (Å²) < 4.78 is 5.09. The number of rotatable bonds is 4. The van der Waals surface area contributed by atoms with Crippen LogP contribution in [0.4, 0.5) is 0 Å². The van der Waals surface area contributed by atoms with Gasteiger partial charge in [-0.2, -0.15) is 0 Å². The first kappa shape index (κ1) is 14.0. The van der Waals surface area contributed by atoms with Gasteiger partial charge in [0.05, 0.1) is 12.7 Å². The zero-order valence-corrected chi connectivity index (χ0v) is 10.9. The van der Waals surface area contributed by atoms with Gasteiger partial charge in [-0.25, -0.2) is 0 Å². The molecule has 98 valence electrons. The van der Waals surface area contributed by atoms with Crippen LogP contribution in [0.25, 0.3) is 0 Å². The molecular weight excluding hydrogens is 234 g/mol. The van der Waals surface area contributed by atoms with Crippen molar-refractivity contribution in [3.05, 3.63) is 16.7 Å². The number of hydrogen-bond acceptors (Lipinski definition) is 5. The molecule has 1 aromatic rings. The summed E-state index contributed by atoms with van der Waals surface area (Å²) in [7, 11) is 1.36. The second-order valence-electron chi connectivity index (χ2n) is 4.31. The fourth-order valence-corrected chi connectivity index (χ4v) is 1.76. The Morgan fingerprint density at radius 1 is 1.33 bits per heavy atom. The molecule has 0 aromatic heterocycles. The van der Waals surface area contributed by atoms with Gasteiger partial charge < -0.3 is 20.4 Å². The molecule has 0 aliphatic carbocycles. The van der Waals surface area contributed by atoms with E-state index in [9.17, 15) is 15.0 Å². The first-order valence-corrected chi connectivity index (χ1v) is 5.53. The van der Waals surface area contributed by atoms with Crippen LogP contribution in [0.1, 0.15) is 35.3 Å². The quantitative estimate of drug-likeness (QED) is 0.565. The minimum Gasteiger partial charge on any atom is -0.507 e. The van der Waals surface area contributed by atoms with Crippen LogP contribution in [-0.4, -0.2) is 29.3 Å². The van der Waals surface area contributed by atoms with Crippen molar-refractivity contribution in [3.63, 3.8) is 0 Å². The van der Waals surface area contributed by atoms with Crippen molar-refractivity contribution in [2.45, 2.75) is 20.8 Å². The predicted octanol–water partition coefficient (Wildman–Crippen LogP) is 2.25. The molecule has 5 nitrogen and oxygen atoms in total. The van der Waals surface area contributed by atoms with E-state index in [1.54, 1.807) is 20.8 Å². The zero-order valence-electron chi connectivity index (χ0n) is 10.9. The fourth-order valence-electron chi connectivity index (χ4n) is 1.76. The molecule has 0 amide bonds. The highest BCUT2D eigenvalue weighted by molar-refractivity contribution is 6.06. The monoisotopic (exact) mass is 251 g/mol. The normalized spacial score (nSPS) is 10.5. The van der Waals surface area contributed by atoms with E-state index < -0.39 is 5.75 Å². The van der Waals surface area contributed by atoms with Gasteiger partial charge in [0, 0.05) is 17.7 Å². The highest BCUT2D eigenvalue weighted by Gasteiger charge is 2.27. The molecule has 1 aromatic carbocycles. The van der Waals surface area contributed by atoms with Crippen molar-refractivity contribution >= 4 is 12.0 Å². The molecule has 5 heteroatoms. The third kappa shape index (κ3) is 2.03. The van der Waals surface area contributed by atoms with Crippen molar-refractivity contribution in [1.82, 2.24) is 0 Å². The lowest BCUT2D eigenvalue weighted by molar-refractivity contribution is 0.0933. The number of phenolic OH excluding ortho intramolecular Hbond substituents is 2. The maximum absolute atomic E-state index is 12.1. The summed E-state index contributed by atoms with van der Waals surface area (Å²) in [6, 6.07) is 0. The standard InChI is InChI=1S/C13H17NO4/c1-6(2)10(15)9-12(17)8(5-14)11(16)7(3)13(9)18-4/h5-6,14,16-17H,1-4H3. The van der Waals surface area contributed by atoms with E-state index in [2.05, 4.69) is 0 Å². The van der Waals surface area contributed by atoms with Crippen molar-refractivity contribution in [2.24, 2.45) is 5.92 Å². The number of hydrogen-bond donors (Lipinski definition) is 3. The number of benzene rings is 1. The largest absolute Gasteiger partial charge is 0.507 e. The fraction of sp³-hybridized carbons (Fsp3) is 0.385. The molecule has 1 rings (SSSR count). The number of phenols is 2. The molecule has 0 heterocycles. The number of carbonyl (C=O) groups is 1. The summed E-state index contributed by atoms with van der Waals surface area (Å²) in [6.45, 7) is 4.97. The molecule has 0 fully saturated rings. The Labute approximate surface area is 106 Å². The molecule has 3 N–H and O–H groups in total. The number of ether oxygens (including phenoxy) is 1. The molecular formula is C13H17NO4. The smallest absolute Gasteiger partial charge is 0.172 e. The summed E-state index contributed by atoms with van der Waals surface area (Å²) in [6.07, 6.45) is 0.814. The first-order valence-electron chi connectivity index (χ1n) is 5.53. The molecule has 0 aliphatic rings. The van der Waals surface area contributed by atoms with Crippen LogP contribution in [0.2, 0.25) is 0 Å². The summed E-state index contributed by atoms with van der Waals surface area (Å²) in [5.41, 5.74) is 0.274. The maximum atomic E-state index is 12.1. The Bertz CT molecular complexity index is 506. The van der Waals surface area contributed by atoms with Gasteiger partial charge in [-0.3, -0.25) is 4.79 Å². The number of nitrogens with one attached hydrogen (secondary N) is 1. The van der Waals surface area contributed by atoms with E-state index in [0.717, 1.165) is 6.21 Å². The van der Waals surface area contributed by atoms with E-state index in [-0.39, 0.29) is 34.3 Å². The van der Waals surface area contributed by atoms with Crippen molar-refractivity contribution in [1.29, 1.82) is 5.41 Å². The molecule has 0 saturated heterocycles. The average Bonchev–Trinajstić information content (AvgIpc) is 2.33. The highest BCUT2D eigenvalue weighted by atomic mass is 16.5. The minimum absolute atomic E-state index is 0.0151. The number of carbonyl (C=O) groups excluding carboxylic acids is 1. The minimum atomic E-state index is -0.413. The number of Topliss-reactive ketones (excluding diaryl/α,β-unsaturated/α-hetero) is 1. The van der Waals surface area contributed by atoms with Crippen LogP contribution < -0.4 is 4.74 Å². The zero-order chi connectivity index (χ0) is 14.0. The van der Waals surface area contributed by atoms with Crippen LogP contribution >= 0.6 is 0 Å². The van der Waals surface area contributed by atoms with Crippen LogP contribution in [0.15, 0.2) is 0 Å². The maximum Gasteiger partial charge on any atom is 0.172 e. The van der Waals surface area contributed by atoms with Gasteiger partial charge in [-0.15, -0.1) is 0 Å². The molecule has 18 heavy (non-hydrogen) atoms. The van der Waals surface area contributed by atoms with Crippen LogP contribution in [-0.2, 0) is 0 Å². The van der Waals surface area contributed by atoms with Crippen molar-refractivity contribution in [2.75, 3.05) is 7.11 Å². The van der Waals surface area contributed by atoms with Gasteiger partial charge in [0.15, 0.2) is 5.78 Å². The van der Waals surface area contributed by atoms with Gasteiger partial charge in [0.2, 0.25) is 0 Å². The summed E-state index contributed by atoms with van der Waals surface area (Å²) >= 11 is 0. The van der Waals surface area contributed by atoms with Gasteiger partial charge in [0.25, 0.3) is 0 Å². The van der Waals surface area contributed by atoms with E-state index in [1.165, 1.54) is 7.11 Å². The molecule has 0 spiro atoms. The van der Waals surface area contributed by atoms with E-state index >= 15 is 0 Å². The highest BCUT2D eigenvalue weighted by Crippen LogP contribution is 2.42. The second-order valence-corrected chi connectivity index (χ2v) is 4.31.